The molecule has 0 unspecified atom stereocenters. The highest BCUT2D eigenvalue weighted by atomic mass is 16.5. The Hall–Kier alpha value is -4.28. The molecule has 0 radical (unpaired) electrons. The third-order valence-corrected chi connectivity index (χ3v) is 9.63. The summed E-state index contributed by atoms with van der Waals surface area (Å²) in [5.74, 6) is -3.63. The van der Waals surface area contributed by atoms with Crippen LogP contribution in [0.5, 0.6) is 0 Å². The van der Waals surface area contributed by atoms with Crippen LogP contribution in [0.1, 0.15) is 43.9 Å². The summed E-state index contributed by atoms with van der Waals surface area (Å²) in [6.07, 6.45) is 7.07. The molecule has 4 heterocycles. The van der Waals surface area contributed by atoms with Gasteiger partial charge in [0.25, 0.3) is 0 Å². The summed E-state index contributed by atoms with van der Waals surface area (Å²) >= 11 is 0. The minimum absolute atomic E-state index is 0.0752. The average Bonchev–Trinajstić information content (AvgIpc) is 3.70. The van der Waals surface area contributed by atoms with Crippen LogP contribution in [0, 0.1) is 17.8 Å². The fraction of sp³-hybridized carbons (Fsp3) is 0.444. The molecule has 2 saturated heterocycles. The molecule has 7 atom stereocenters. The molecule has 46 heavy (non-hydrogen) atoms. The maximum Gasteiger partial charge on any atom is 0.306 e. The number of carbonyl (C=O) groups excluding carboxylic acids is 4. The zero-order valence-corrected chi connectivity index (χ0v) is 26.2. The standard InChI is InChI=1S/C36H41N3O7/c1-23(2)27(21-40)39-32-35(44)38(20-24-12-6-3-7-13-24)19-11-5-10-16-29(41)45-22-26(25-14-8-4-9-15-25)37-33(42)30-28-17-18-36(32,46-28)31(30)34(39)43/h3-9,11-15,17-18,23,26-28,30-32,40H,10,16,19-22H2,1-2H3,(H,37,42)/b11-5-/t26-,27+,28-,30+,31+,32-,36+/m1/s1. The Morgan fingerprint density at radius 2 is 1.70 bits per heavy atom. The molecule has 6 rings (SSSR count). The summed E-state index contributed by atoms with van der Waals surface area (Å²) in [4.78, 5) is 59.4. The zero-order chi connectivity index (χ0) is 32.4. The molecule has 1 spiro atoms. The predicted molar refractivity (Wildman–Crippen MR) is 169 cm³/mol. The monoisotopic (exact) mass is 627 g/mol. The average molecular weight is 628 g/mol. The van der Waals surface area contributed by atoms with Gasteiger partial charge < -0.3 is 29.7 Å². The van der Waals surface area contributed by atoms with E-state index in [4.69, 9.17) is 9.47 Å². The number of aliphatic hydroxyl groups is 1. The van der Waals surface area contributed by atoms with Crippen LogP contribution < -0.4 is 5.32 Å². The first-order chi connectivity index (χ1) is 22.2. The second-order valence-corrected chi connectivity index (χ2v) is 12.8. The number of ether oxygens (including phenoxy) is 2. The number of cyclic esters (lactones) is 1. The van der Waals surface area contributed by atoms with Gasteiger partial charge in [-0.3, -0.25) is 19.2 Å². The van der Waals surface area contributed by atoms with Crippen molar-refractivity contribution in [1.82, 2.24) is 15.1 Å². The number of esters is 1. The second-order valence-electron chi connectivity index (χ2n) is 12.8. The molecule has 242 valence electrons. The molecule has 10 nitrogen and oxygen atoms in total. The quantitative estimate of drug-likeness (QED) is 0.373. The number of likely N-dealkylation sites (tertiary alicyclic amines) is 1. The molecular weight excluding hydrogens is 586 g/mol. The van der Waals surface area contributed by atoms with Gasteiger partial charge >= 0.3 is 5.97 Å². The molecule has 5 bridgehead atoms. The van der Waals surface area contributed by atoms with Crippen molar-refractivity contribution in [2.75, 3.05) is 19.8 Å². The summed E-state index contributed by atoms with van der Waals surface area (Å²) in [5.41, 5.74) is 0.271. The summed E-state index contributed by atoms with van der Waals surface area (Å²) < 4.78 is 12.2. The maximum atomic E-state index is 14.8. The molecular formula is C36H41N3O7. The van der Waals surface area contributed by atoms with Crippen LogP contribution in [0.25, 0.3) is 0 Å². The van der Waals surface area contributed by atoms with Crippen LogP contribution >= 0.6 is 0 Å². The summed E-state index contributed by atoms with van der Waals surface area (Å²) in [6, 6.07) is 16.4. The molecule has 0 saturated carbocycles. The van der Waals surface area contributed by atoms with Crippen molar-refractivity contribution in [3.63, 3.8) is 0 Å². The number of amides is 3. The van der Waals surface area contributed by atoms with E-state index in [1.165, 1.54) is 4.90 Å². The number of allylic oxidation sites excluding steroid dienone is 1. The van der Waals surface area contributed by atoms with Crippen LogP contribution in [-0.4, -0.2) is 82.1 Å². The number of fused-ring (bicyclic) bond motifs is 2. The lowest BCUT2D eigenvalue weighted by atomic mass is 9.74. The van der Waals surface area contributed by atoms with Gasteiger partial charge in [0.1, 0.15) is 18.2 Å². The van der Waals surface area contributed by atoms with Crippen molar-refractivity contribution < 1.29 is 33.8 Å². The third kappa shape index (κ3) is 5.76. The smallest absolute Gasteiger partial charge is 0.306 e. The van der Waals surface area contributed by atoms with Gasteiger partial charge in [-0.15, -0.1) is 0 Å². The van der Waals surface area contributed by atoms with E-state index in [9.17, 15) is 24.3 Å². The number of aliphatic hydroxyl groups excluding tert-OH is 1. The molecule has 2 N–H and O–H groups in total. The molecule has 2 aromatic carbocycles. The number of hydrogen-bond donors (Lipinski definition) is 2. The van der Waals surface area contributed by atoms with Crippen LogP contribution in [0.15, 0.2) is 85.0 Å². The van der Waals surface area contributed by atoms with E-state index in [1.807, 2.05) is 86.7 Å². The van der Waals surface area contributed by atoms with Crippen molar-refractivity contribution in [1.29, 1.82) is 0 Å². The van der Waals surface area contributed by atoms with Crippen molar-refractivity contribution in [2.45, 2.75) is 63.1 Å². The fourth-order valence-corrected chi connectivity index (χ4v) is 7.32. The van der Waals surface area contributed by atoms with E-state index in [0.717, 1.165) is 11.1 Å². The normalized spacial score (nSPS) is 31.2. The molecule has 4 aliphatic heterocycles. The first-order valence-corrected chi connectivity index (χ1v) is 16.0. The van der Waals surface area contributed by atoms with Crippen molar-refractivity contribution in [2.24, 2.45) is 17.8 Å². The van der Waals surface area contributed by atoms with Crippen molar-refractivity contribution in [3.8, 4) is 0 Å². The zero-order valence-electron chi connectivity index (χ0n) is 26.2. The molecule has 10 heteroatoms. The highest BCUT2D eigenvalue weighted by Crippen LogP contribution is 2.56. The Balaban J connectivity index is 1.43. The second kappa shape index (κ2) is 13.2. The van der Waals surface area contributed by atoms with Gasteiger partial charge in [-0.2, -0.15) is 0 Å². The lowest BCUT2D eigenvalue weighted by Crippen LogP contribution is -2.59. The third-order valence-electron chi connectivity index (χ3n) is 9.63. The van der Waals surface area contributed by atoms with Gasteiger partial charge in [0.05, 0.1) is 36.6 Å². The molecule has 2 aromatic rings. The highest BCUT2D eigenvalue weighted by molar-refractivity contribution is 6.00. The first kappa shape index (κ1) is 31.7. The topological polar surface area (TPSA) is 125 Å². The summed E-state index contributed by atoms with van der Waals surface area (Å²) in [7, 11) is 0. The Labute approximate surface area is 269 Å². The van der Waals surface area contributed by atoms with E-state index in [2.05, 4.69) is 5.32 Å². The highest BCUT2D eigenvalue weighted by Gasteiger charge is 2.74. The molecule has 2 fully saturated rings. The van der Waals surface area contributed by atoms with Crippen molar-refractivity contribution >= 4 is 23.7 Å². The Kier molecular flexibility index (Phi) is 9.11. The van der Waals surface area contributed by atoms with Crippen LogP contribution in [-0.2, 0) is 35.2 Å². The molecule has 0 aromatic heterocycles. The number of nitrogens with one attached hydrogen (secondary N) is 1. The van der Waals surface area contributed by atoms with Gasteiger partial charge in [-0.05, 0) is 23.5 Å². The Morgan fingerprint density at radius 1 is 0.978 bits per heavy atom. The molecule has 3 amide bonds. The first-order valence-electron chi connectivity index (χ1n) is 16.0. The van der Waals surface area contributed by atoms with E-state index < -0.39 is 59.5 Å². The number of benzene rings is 2. The number of rotatable bonds is 6. The van der Waals surface area contributed by atoms with Gasteiger partial charge in [-0.25, -0.2) is 0 Å². The Bertz CT molecular complexity index is 1510. The van der Waals surface area contributed by atoms with Gasteiger partial charge in [0.15, 0.2) is 0 Å². The van der Waals surface area contributed by atoms with Gasteiger partial charge in [0, 0.05) is 19.5 Å². The summed E-state index contributed by atoms with van der Waals surface area (Å²) in [6.45, 7) is 3.87. The largest absolute Gasteiger partial charge is 0.463 e. The van der Waals surface area contributed by atoms with Gasteiger partial charge in [0.2, 0.25) is 17.7 Å². The fourth-order valence-electron chi connectivity index (χ4n) is 7.32. The summed E-state index contributed by atoms with van der Waals surface area (Å²) in [5, 5.41) is 13.6. The number of nitrogens with zero attached hydrogens (tertiary/aromatic N) is 2. The van der Waals surface area contributed by atoms with Crippen LogP contribution in [0.4, 0.5) is 0 Å². The molecule has 0 aliphatic carbocycles. The molecule has 4 aliphatic rings. The van der Waals surface area contributed by atoms with Crippen LogP contribution in [0.2, 0.25) is 0 Å². The van der Waals surface area contributed by atoms with E-state index in [-0.39, 0.29) is 44.5 Å². The van der Waals surface area contributed by atoms with Crippen molar-refractivity contribution in [3.05, 3.63) is 96.1 Å². The lowest BCUT2D eigenvalue weighted by molar-refractivity contribution is -0.152. The SMILES string of the molecule is CC(C)[C@H](CO)N1C(=O)[C@@H]2[C@H]3C(=O)N[C@@H](c4ccccc4)COC(=O)CC/C=C\CN(Cc4ccccc4)C(=O)[C@@H]1[C@]21C=C[C@H]3O1. The van der Waals surface area contributed by atoms with E-state index >= 15 is 0 Å². The lowest BCUT2D eigenvalue weighted by Gasteiger charge is -2.40. The number of carbonyl (C=O) groups is 4. The predicted octanol–water partition coefficient (Wildman–Crippen LogP) is 2.93. The minimum Gasteiger partial charge on any atom is -0.463 e. The van der Waals surface area contributed by atoms with Gasteiger partial charge in [-0.1, -0.05) is 98.8 Å². The minimum atomic E-state index is -1.38. The van der Waals surface area contributed by atoms with E-state index in [1.54, 1.807) is 17.1 Å². The van der Waals surface area contributed by atoms with Crippen LogP contribution in [0.3, 0.4) is 0 Å². The Morgan fingerprint density at radius 3 is 2.39 bits per heavy atom. The maximum absolute atomic E-state index is 14.8. The van der Waals surface area contributed by atoms with E-state index in [0.29, 0.717) is 6.42 Å². The number of hydrogen-bond acceptors (Lipinski definition) is 7.